The summed E-state index contributed by atoms with van der Waals surface area (Å²) in [5.41, 5.74) is 1.01. The van der Waals surface area contributed by atoms with Crippen LogP contribution < -0.4 is 0 Å². The number of nitrogens with zero attached hydrogens (tertiary/aromatic N) is 1. The summed E-state index contributed by atoms with van der Waals surface area (Å²) in [6, 6.07) is 7.86. The van der Waals surface area contributed by atoms with Crippen molar-refractivity contribution < 1.29 is 14.3 Å². The van der Waals surface area contributed by atoms with Crippen LogP contribution in [0.3, 0.4) is 0 Å². The third kappa shape index (κ3) is 3.77. The van der Waals surface area contributed by atoms with Crippen LogP contribution in [0.4, 0.5) is 0 Å². The van der Waals surface area contributed by atoms with Gasteiger partial charge in [0.15, 0.2) is 6.29 Å². The summed E-state index contributed by atoms with van der Waals surface area (Å²) >= 11 is 3.49. The van der Waals surface area contributed by atoms with Gasteiger partial charge in [0.2, 0.25) is 5.91 Å². The molecule has 1 amide bonds. The summed E-state index contributed by atoms with van der Waals surface area (Å²) in [4.78, 5) is 14.3. The lowest BCUT2D eigenvalue weighted by atomic mass is 9.97. The molecule has 1 atom stereocenters. The molecule has 1 unspecified atom stereocenters. The van der Waals surface area contributed by atoms with E-state index in [-0.39, 0.29) is 18.1 Å². The maximum absolute atomic E-state index is 12.4. The molecular formula is C17H20BrNO3. The van der Waals surface area contributed by atoms with Crippen LogP contribution in [0.15, 0.2) is 34.8 Å². The number of likely N-dealkylation sites (tertiary alicyclic amines) is 1. The molecule has 0 aromatic heterocycles. The first-order chi connectivity index (χ1) is 10.7. The highest BCUT2D eigenvalue weighted by atomic mass is 79.9. The van der Waals surface area contributed by atoms with Crippen molar-refractivity contribution in [2.75, 3.05) is 26.3 Å². The van der Waals surface area contributed by atoms with Crippen molar-refractivity contribution in [3.8, 4) is 0 Å². The zero-order valence-corrected chi connectivity index (χ0v) is 14.0. The molecule has 0 aliphatic carbocycles. The van der Waals surface area contributed by atoms with Crippen molar-refractivity contribution >= 4 is 27.9 Å². The highest BCUT2D eigenvalue weighted by molar-refractivity contribution is 9.10. The number of ether oxygens (including phenoxy) is 2. The van der Waals surface area contributed by atoms with Crippen LogP contribution in [0, 0.1) is 5.92 Å². The Balaban J connectivity index is 1.60. The molecule has 0 N–H and O–H groups in total. The zero-order chi connectivity index (χ0) is 15.4. The number of piperidine rings is 1. The molecule has 22 heavy (non-hydrogen) atoms. The summed E-state index contributed by atoms with van der Waals surface area (Å²) in [6.07, 6.45) is 5.44. The molecule has 0 saturated carbocycles. The van der Waals surface area contributed by atoms with Gasteiger partial charge in [0.1, 0.15) is 0 Å². The van der Waals surface area contributed by atoms with Gasteiger partial charge in [0, 0.05) is 29.6 Å². The van der Waals surface area contributed by atoms with E-state index in [1.165, 1.54) is 0 Å². The Morgan fingerprint density at radius 2 is 2.05 bits per heavy atom. The number of hydrogen-bond acceptors (Lipinski definition) is 3. The zero-order valence-electron chi connectivity index (χ0n) is 12.4. The van der Waals surface area contributed by atoms with Gasteiger partial charge in [-0.15, -0.1) is 0 Å². The fourth-order valence-electron chi connectivity index (χ4n) is 2.96. The minimum absolute atomic E-state index is 0.0541. The first-order valence-electron chi connectivity index (χ1n) is 7.69. The Kier molecular flexibility index (Phi) is 5.28. The SMILES string of the molecule is O=C(/C=C/c1ccccc1Br)N1CCCC(C2OCCO2)C1. The Hall–Kier alpha value is -1.17. The van der Waals surface area contributed by atoms with Crippen LogP contribution in [0.2, 0.25) is 0 Å². The Bertz CT molecular complexity index is 555. The van der Waals surface area contributed by atoms with Gasteiger partial charge in [-0.1, -0.05) is 34.1 Å². The lowest BCUT2D eigenvalue weighted by molar-refractivity contribution is -0.134. The standard InChI is InChI=1S/C17H20BrNO3/c18-15-6-2-1-4-13(15)7-8-16(20)19-9-3-5-14(12-19)17-21-10-11-22-17/h1-2,4,6-8,14,17H,3,5,9-12H2/b8-7+. The van der Waals surface area contributed by atoms with E-state index in [0.29, 0.717) is 19.8 Å². The molecule has 0 spiro atoms. The second kappa shape index (κ2) is 7.40. The van der Waals surface area contributed by atoms with Gasteiger partial charge in [-0.2, -0.15) is 0 Å². The molecule has 2 fully saturated rings. The smallest absolute Gasteiger partial charge is 0.246 e. The first-order valence-corrected chi connectivity index (χ1v) is 8.48. The Morgan fingerprint density at radius 3 is 2.82 bits per heavy atom. The number of hydrogen-bond donors (Lipinski definition) is 0. The number of halogens is 1. The average Bonchev–Trinajstić information content (AvgIpc) is 3.08. The van der Waals surface area contributed by atoms with Gasteiger partial charge in [-0.25, -0.2) is 0 Å². The van der Waals surface area contributed by atoms with Gasteiger partial charge < -0.3 is 14.4 Å². The number of carbonyl (C=O) groups excluding carboxylic acids is 1. The number of rotatable bonds is 3. The topological polar surface area (TPSA) is 38.8 Å². The summed E-state index contributed by atoms with van der Waals surface area (Å²) in [5.74, 6) is 0.343. The lowest BCUT2D eigenvalue weighted by Gasteiger charge is -2.34. The van der Waals surface area contributed by atoms with Crippen LogP contribution in [-0.4, -0.2) is 43.4 Å². The molecule has 118 valence electrons. The molecule has 0 bridgehead atoms. The molecular weight excluding hydrogens is 346 g/mol. The second-order valence-electron chi connectivity index (χ2n) is 5.65. The lowest BCUT2D eigenvalue weighted by Crippen LogP contribution is -2.43. The normalized spacial score (nSPS) is 23.3. The van der Waals surface area contributed by atoms with Gasteiger partial charge in [0.25, 0.3) is 0 Å². The molecule has 1 aromatic rings. The Morgan fingerprint density at radius 1 is 1.27 bits per heavy atom. The molecule has 2 saturated heterocycles. The summed E-state index contributed by atoms with van der Waals surface area (Å²) in [5, 5.41) is 0. The Labute approximate surface area is 139 Å². The molecule has 4 nitrogen and oxygen atoms in total. The van der Waals surface area contributed by atoms with E-state index in [9.17, 15) is 4.79 Å². The van der Waals surface area contributed by atoms with Gasteiger partial charge in [-0.3, -0.25) is 4.79 Å². The predicted octanol–water partition coefficient (Wildman–Crippen LogP) is 3.07. The van der Waals surface area contributed by atoms with Crippen molar-refractivity contribution in [3.63, 3.8) is 0 Å². The number of carbonyl (C=O) groups is 1. The van der Waals surface area contributed by atoms with E-state index in [4.69, 9.17) is 9.47 Å². The molecule has 0 radical (unpaired) electrons. The van der Waals surface area contributed by atoms with Crippen molar-refractivity contribution in [1.82, 2.24) is 4.90 Å². The minimum Gasteiger partial charge on any atom is -0.350 e. The largest absolute Gasteiger partial charge is 0.350 e. The van der Waals surface area contributed by atoms with Crippen LogP contribution in [-0.2, 0) is 14.3 Å². The van der Waals surface area contributed by atoms with Crippen LogP contribution >= 0.6 is 15.9 Å². The number of amides is 1. The van der Waals surface area contributed by atoms with Gasteiger partial charge in [-0.05, 0) is 30.5 Å². The van der Waals surface area contributed by atoms with E-state index < -0.39 is 0 Å². The van der Waals surface area contributed by atoms with E-state index in [0.717, 1.165) is 29.4 Å². The van der Waals surface area contributed by atoms with Crippen molar-refractivity contribution in [3.05, 3.63) is 40.4 Å². The van der Waals surface area contributed by atoms with Crippen LogP contribution in [0.5, 0.6) is 0 Å². The molecule has 3 rings (SSSR count). The fraction of sp³-hybridized carbons (Fsp3) is 0.471. The summed E-state index contributed by atoms with van der Waals surface area (Å²) < 4.78 is 12.2. The summed E-state index contributed by atoms with van der Waals surface area (Å²) in [7, 11) is 0. The molecule has 5 heteroatoms. The quantitative estimate of drug-likeness (QED) is 0.772. The van der Waals surface area contributed by atoms with Gasteiger partial charge in [0.05, 0.1) is 13.2 Å². The third-order valence-electron chi connectivity index (χ3n) is 4.11. The second-order valence-corrected chi connectivity index (χ2v) is 6.51. The van der Waals surface area contributed by atoms with Crippen molar-refractivity contribution in [2.45, 2.75) is 19.1 Å². The molecule has 2 aliphatic rings. The maximum atomic E-state index is 12.4. The van der Waals surface area contributed by atoms with Crippen molar-refractivity contribution in [2.24, 2.45) is 5.92 Å². The molecule has 2 heterocycles. The van der Waals surface area contributed by atoms with Crippen LogP contribution in [0.1, 0.15) is 18.4 Å². The molecule has 1 aromatic carbocycles. The van der Waals surface area contributed by atoms with E-state index in [2.05, 4.69) is 15.9 Å². The third-order valence-corrected chi connectivity index (χ3v) is 4.83. The van der Waals surface area contributed by atoms with Crippen molar-refractivity contribution in [1.29, 1.82) is 0 Å². The highest BCUT2D eigenvalue weighted by Gasteiger charge is 2.32. The average molecular weight is 366 g/mol. The maximum Gasteiger partial charge on any atom is 0.246 e. The predicted molar refractivity (Wildman–Crippen MR) is 88.2 cm³/mol. The van der Waals surface area contributed by atoms with E-state index in [1.54, 1.807) is 6.08 Å². The number of benzene rings is 1. The van der Waals surface area contributed by atoms with E-state index in [1.807, 2.05) is 35.2 Å². The monoisotopic (exact) mass is 365 g/mol. The fourth-order valence-corrected chi connectivity index (χ4v) is 3.37. The minimum atomic E-state index is -0.136. The first kappa shape index (κ1) is 15.7. The highest BCUT2D eigenvalue weighted by Crippen LogP contribution is 2.25. The van der Waals surface area contributed by atoms with Crippen LogP contribution in [0.25, 0.3) is 6.08 Å². The summed E-state index contributed by atoms with van der Waals surface area (Å²) in [6.45, 7) is 2.85. The molecule has 2 aliphatic heterocycles. The van der Waals surface area contributed by atoms with Gasteiger partial charge >= 0.3 is 0 Å². The van der Waals surface area contributed by atoms with E-state index >= 15 is 0 Å².